The fourth-order valence-electron chi connectivity index (χ4n) is 5.14. The number of fused-ring (bicyclic) bond motifs is 2. The van der Waals surface area contributed by atoms with E-state index in [0.29, 0.717) is 6.54 Å². The fraction of sp³-hybridized carbons (Fsp3) is 0.440. The smallest absolute Gasteiger partial charge is 0.131 e. The molecule has 0 bridgehead atoms. The molecule has 0 saturated carbocycles. The van der Waals surface area contributed by atoms with Crippen molar-refractivity contribution in [2.75, 3.05) is 6.54 Å². The topological polar surface area (TPSA) is 41.5 Å². The third-order valence-corrected chi connectivity index (χ3v) is 6.74. The van der Waals surface area contributed by atoms with E-state index in [4.69, 9.17) is 4.74 Å². The van der Waals surface area contributed by atoms with Gasteiger partial charge in [-0.3, -0.25) is 0 Å². The highest BCUT2D eigenvalue weighted by molar-refractivity contribution is 5.85. The van der Waals surface area contributed by atoms with Crippen molar-refractivity contribution in [2.24, 2.45) is 0 Å². The highest BCUT2D eigenvalue weighted by Gasteiger charge is 2.44. The van der Waals surface area contributed by atoms with Crippen LogP contribution < -0.4 is 10.1 Å². The van der Waals surface area contributed by atoms with Crippen LogP contribution >= 0.6 is 12.4 Å². The molecule has 0 aromatic heterocycles. The van der Waals surface area contributed by atoms with E-state index in [9.17, 15) is 9.50 Å². The van der Waals surface area contributed by atoms with Crippen molar-refractivity contribution >= 4 is 18.0 Å². The maximum absolute atomic E-state index is 13.5. The highest BCUT2D eigenvalue weighted by atomic mass is 35.5. The summed E-state index contributed by atoms with van der Waals surface area (Å²) in [4.78, 5) is 0. The van der Waals surface area contributed by atoms with Gasteiger partial charge in [0.05, 0.1) is 5.56 Å². The van der Waals surface area contributed by atoms with Crippen molar-refractivity contribution < 1.29 is 14.2 Å². The minimum absolute atomic E-state index is 0. The highest BCUT2D eigenvalue weighted by Crippen LogP contribution is 2.49. The molecule has 0 spiro atoms. The minimum atomic E-state index is -0.438. The average Bonchev–Trinajstić information content (AvgIpc) is 2.68. The van der Waals surface area contributed by atoms with Crippen LogP contribution in [-0.4, -0.2) is 23.3 Å². The van der Waals surface area contributed by atoms with Crippen molar-refractivity contribution in [1.29, 1.82) is 0 Å². The molecule has 2 N–H and O–H groups in total. The number of hydrogen-bond acceptors (Lipinski definition) is 3. The molecule has 2 aliphatic heterocycles. The number of nitrogens with one attached hydrogen (secondary N) is 1. The summed E-state index contributed by atoms with van der Waals surface area (Å²) in [6, 6.07) is 12.6. The van der Waals surface area contributed by atoms with E-state index in [-0.39, 0.29) is 35.4 Å². The Labute approximate surface area is 184 Å². The summed E-state index contributed by atoms with van der Waals surface area (Å²) < 4.78 is 19.9. The lowest BCUT2D eigenvalue weighted by Crippen LogP contribution is -2.52. The number of phenols is 1. The number of ether oxygens (including phenoxy) is 1. The Bertz CT molecular complexity index is 954. The predicted octanol–water partition coefficient (Wildman–Crippen LogP) is 6.00. The van der Waals surface area contributed by atoms with Gasteiger partial charge in [-0.05, 0) is 67.7 Å². The summed E-state index contributed by atoms with van der Waals surface area (Å²) in [6.45, 7) is 9.35. The number of aromatic hydroxyl groups is 1. The van der Waals surface area contributed by atoms with Crippen molar-refractivity contribution in [3.05, 3.63) is 65.0 Å². The maximum atomic E-state index is 13.5. The summed E-state index contributed by atoms with van der Waals surface area (Å²) in [5.74, 6) is 0.799. The number of halogens is 2. The van der Waals surface area contributed by atoms with Crippen LogP contribution in [0.25, 0.3) is 5.57 Å². The van der Waals surface area contributed by atoms with Gasteiger partial charge in [0.2, 0.25) is 0 Å². The molecule has 162 valence electrons. The molecule has 2 aliphatic rings. The second-order valence-electron chi connectivity index (χ2n) is 9.03. The van der Waals surface area contributed by atoms with E-state index in [2.05, 4.69) is 33.0 Å². The summed E-state index contributed by atoms with van der Waals surface area (Å²) in [6.07, 6.45) is 2.87. The van der Waals surface area contributed by atoms with Gasteiger partial charge in [-0.1, -0.05) is 38.5 Å². The Kier molecular flexibility index (Phi) is 6.22. The lowest BCUT2D eigenvalue weighted by molar-refractivity contribution is 0.129. The zero-order chi connectivity index (χ0) is 20.8. The van der Waals surface area contributed by atoms with Crippen LogP contribution in [0.2, 0.25) is 0 Å². The largest absolute Gasteiger partial charge is 0.507 e. The first-order valence-corrected chi connectivity index (χ1v) is 10.5. The lowest BCUT2D eigenvalue weighted by Gasteiger charge is -2.47. The zero-order valence-corrected chi connectivity index (χ0v) is 18.9. The summed E-state index contributed by atoms with van der Waals surface area (Å²) in [7, 11) is 0. The molecule has 5 heteroatoms. The van der Waals surface area contributed by atoms with Crippen molar-refractivity contribution in [3.8, 4) is 11.5 Å². The number of hydrogen-bond donors (Lipinski definition) is 2. The SMILES string of the molecule is CCCC(C)(c1ccc(F)cc1)C1CC2=C(CN1)c1c(O)cccc1OC2(C)C.Cl. The van der Waals surface area contributed by atoms with Gasteiger partial charge in [-0.2, -0.15) is 0 Å². The molecule has 2 unspecified atom stereocenters. The van der Waals surface area contributed by atoms with Crippen molar-refractivity contribution in [1.82, 2.24) is 5.32 Å². The molecular weight excluding hydrogens is 401 g/mol. The Morgan fingerprint density at radius 1 is 1.20 bits per heavy atom. The normalized spacial score (nSPS) is 21.6. The molecule has 2 heterocycles. The molecule has 0 radical (unpaired) electrons. The van der Waals surface area contributed by atoms with Gasteiger partial charge in [-0.25, -0.2) is 4.39 Å². The molecule has 2 atom stereocenters. The van der Waals surface area contributed by atoms with Crippen molar-refractivity contribution in [2.45, 2.75) is 64.0 Å². The van der Waals surface area contributed by atoms with Crippen LogP contribution in [0.15, 0.2) is 48.0 Å². The van der Waals surface area contributed by atoms with Crippen LogP contribution in [0.4, 0.5) is 4.39 Å². The fourth-order valence-corrected chi connectivity index (χ4v) is 5.14. The first-order valence-electron chi connectivity index (χ1n) is 10.5. The zero-order valence-electron chi connectivity index (χ0n) is 18.1. The third kappa shape index (κ3) is 3.72. The third-order valence-electron chi connectivity index (χ3n) is 6.74. The van der Waals surface area contributed by atoms with Crippen LogP contribution in [-0.2, 0) is 5.41 Å². The van der Waals surface area contributed by atoms with Gasteiger partial charge in [0, 0.05) is 18.0 Å². The van der Waals surface area contributed by atoms with Crippen LogP contribution in [0, 0.1) is 5.82 Å². The molecule has 0 amide bonds. The number of benzene rings is 2. The Morgan fingerprint density at radius 3 is 2.57 bits per heavy atom. The molecule has 30 heavy (non-hydrogen) atoms. The van der Waals surface area contributed by atoms with Crippen molar-refractivity contribution in [3.63, 3.8) is 0 Å². The second kappa shape index (κ2) is 8.24. The van der Waals surface area contributed by atoms with E-state index >= 15 is 0 Å². The van der Waals surface area contributed by atoms with Gasteiger partial charge in [0.15, 0.2) is 0 Å². The molecule has 2 aromatic carbocycles. The molecule has 0 aliphatic carbocycles. The van der Waals surface area contributed by atoms with Crippen LogP contribution in [0.3, 0.4) is 0 Å². The monoisotopic (exact) mass is 431 g/mol. The van der Waals surface area contributed by atoms with Gasteiger partial charge < -0.3 is 15.2 Å². The summed E-state index contributed by atoms with van der Waals surface area (Å²) in [5, 5.41) is 14.2. The summed E-state index contributed by atoms with van der Waals surface area (Å²) >= 11 is 0. The number of rotatable bonds is 4. The number of phenolic OH excluding ortho intramolecular Hbond substituents is 1. The van der Waals surface area contributed by atoms with E-state index < -0.39 is 5.60 Å². The van der Waals surface area contributed by atoms with E-state index in [1.165, 1.54) is 5.57 Å². The molecule has 2 aromatic rings. The second-order valence-corrected chi connectivity index (χ2v) is 9.03. The molecular formula is C25H31ClFNO2. The van der Waals surface area contributed by atoms with E-state index in [1.54, 1.807) is 18.2 Å². The average molecular weight is 432 g/mol. The van der Waals surface area contributed by atoms with E-state index in [1.807, 2.05) is 24.3 Å². The maximum Gasteiger partial charge on any atom is 0.131 e. The Hall–Kier alpha value is -2.04. The van der Waals surface area contributed by atoms with Gasteiger partial charge in [0.1, 0.15) is 22.9 Å². The van der Waals surface area contributed by atoms with E-state index in [0.717, 1.165) is 41.7 Å². The molecule has 0 fully saturated rings. The quantitative estimate of drug-likeness (QED) is 0.624. The molecule has 3 nitrogen and oxygen atoms in total. The van der Waals surface area contributed by atoms with Gasteiger partial charge in [0.25, 0.3) is 0 Å². The van der Waals surface area contributed by atoms with Crippen LogP contribution in [0.1, 0.15) is 58.1 Å². The Morgan fingerprint density at radius 2 is 1.90 bits per heavy atom. The standard InChI is InChI=1S/C25H30FNO2.ClH/c1-5-13-25(4,16-9-11-17(26)12-10-16)22-14-19-18(15-27-22)23-20(28)7-6-8-21(23)29-24(19,2)3;/h6-12,22,27-28H,5,13-15H2,1-4H3;1H. The lowest BCUT2D eigenvalue weighted by atomic mass is 9.67. The molecule has 0 saturated heterocycles. The minimum Gasteiger partial charge on any atom is -0.507 e. The Balaban J connectivity index is 0.00000256. The summed E-state index contributed by atoms with van der Waals surface area (Å²) in [5.41, 5.74) is 3.78. The predicted molar refractivity (Wildman–Crippen MR) is 122 cm³/mol. The first kappa shape index (κ1) is 22.6. The first-order chi connectivity index (χ1) is 13.8. The van der Waals surface area contributed by atoms with Gasteiger partial charge >= 0.3 is 0 Å². The van der Waals surface area contributed by atoms with Gasteiger partial charge in [-0.15, -0.1) is 12.4 Å². The van der Waals surface area contributed by atoms with Crippen LogP contribution in [0.5, 0.6) is 11.5 Å². The molecule has 4 rings (SSSR count).